The van der Waals surface area contributed by atoms with Gasteiger partial charge in [0.05, 0.1) is 23.4 Å². The van der Waals surface area contributed by atoms with Crippen LogP contribution in [0.25, 0.3) is 22.2 Å². The van der Waals surface area contributed by atoms with Crippen molar-refractivity contribution in [2.24, 2.45) is 16.6 Å². The van der Waals surface area contributed by atoms with Crippen molar-refractivity contribution >= 4 is 23.1 Å². The molecular formula is C26H31N7O. The molecule has 3 aromatic rings. The van der Waals surface area contributed by atoms with E-state index in [9.17, 15) is 5.26 Å². The minimum atomic E-state index is 0.330. The van der Waals surface area contributed by atoms with E-state index in [1.165, 1.54) is 6.20 Å². The average molecular weight is 458 g/mol. The van der Waals surface area contributed by atoms with Crippen LogP contribution in [0.1, 0.15) is 37.8 Å². The minimum absolute atomic E-state index is 0.330. The second kappa shape index (κ2) is 10.5. The van der Waals surface area contributed by atoms with Crippen LogP contribution in [-0.4, -0.2) is 53.7 Å². The van der Waals surface area contributed by atoms with Crippen molar-refractivity contribution in [3.05, 3.63) is 54.1 Å². The lowest BCUT2D eigenvalue weighted by molar-refractivity contribution is 0.0214. The molecule has 34 heavy (non-hydrogen) atoms. The van der Waals surface area contributed by atoms with Crippen LogP contribution in [0.3, 0.4) is 0 Å². The molecule has 1 saturated heterocycles. The molecule has 1 aliphatic heterocycles. The molecule has 8 nitrogen and oxygen atoms in total. The van der Waals surface area contributed by atoms with Gasteiger partial charge in [-0.15, -0.1) is 0 Å². The molecular weight excluding hydrogens is 426 g/mol. The van der Waals surface area contributed by atoms with Gasteiger partial charge in [-0.1, -0.05) is 13.8 Å². The van der Waals surface area contributed by atoms with E-state index in [1.54, 1.807) is 24.0 Å². The second-order valence-corrected chi connectivity index (χ2v) is 8.93. The van der Waals surface area contributed by atoms with Gasteiger partial charge in [-0.05, 0) is 37.0 Å². The third-order valence-corrected chi connectivity index (χ3v) is 6.00. The Kier molecular flexibility index (Phi) is 7.24. The number of pyridine rings is 2. The Bertz CT molecular complexity index is 1230. The van der Waals surface area contributed by atoms with E-state index >= 15 is 0 Å². The van der Waals surface area contributed by atoms with E-state index in [4.69, 9.17) is 15.5 Å². The highest BCUT2D eigenvalue weighted by Gasteiger charge is 2.21. The molecule has 176 valence electrons. The van der Waals surface area contributed by atoms with E-state index in [1.807, 2.05) is 24.5 Å². The summed E-state index contributed by atoms with van der Waals surface area (Å²) >= 11 is 0. The van der Waals surface area contributed by atoms with Crippen molar-refractivity contribution in [3.63, 3.8) is 0 Å². The van der Waals surface area contributed by atoms with Gasteiger partial charge >= 0.3 is 0 Å². The summed E-state index contributed by atoms with van der Waals surface area (Å²) in [6.07, 6.45) is 10.9. The van der Waals surface area contributed by atoms with Crippen LogP contribution in [0.15, 0.2) is 48.0 Å². The van der Waals surface area contributed by atoms with Gasteiger partial charge in [0, 0.05) is 73.8 Å². The van der Waals surface area contributed by atoms with E-state index < -0.39 is 0 Å². The summed E-state index contributed by atoms with van der Waals surface area (Å²) < 4.78 is 7.73. The lowest BCUT2D eigenvalue weighted by atomic mass is 10.0. The molecule has 0 amide bonds. The van der Waals surface area contributed by atoms with Crippen LogP contribution in [0.5, 0.6) is 0 Å². The third kappa shape index (κ3) is 4.95. The predicted molar refractivity (Wildman–Crippen MR) is 136 cm³/mol. The first kappa shape index (κ1) is 23.5. The fourth-order valence-electron chi connectivity index (χ4n) is 4.25. The van der Waals surface area contributed by atoms with E-state index in [-0.39, 0.29) is 0 Å². The topological polar surface area (TPSA) is 105 Å². The standard InChI is InChI=1S/C26H31N7O/c1-18(2)17-34-23-6-8-32(9-7-23)25-5-4-19(14-30-25)24-10-20(21(11-27)13-29-3)16-33-26(24)22(12-28)15-31-33/h4-5,10-11,13-16,18,23H,6-9,17,27H2,1-3H3. The highest BCUT2D eigenvalue weighted by Crippen LogP contribution is 2.31. The maximum absolute atomic E-state index is 9.62. The molecule has 0 atom stereocenters. The number of rotatable bonds is 7. The lowest BCUT2D eigenvalue weighted by Gasteiger charge is -2.33. The molecule has 3 aromatic heterocycles. The number of aromatic nitrogens is 3. The number of hydrogen-bond acceptors (Lipinski definition) is 7. The molecule has 0 spiro atoms. The van der Waals surface area contributed by atoms with Crippen molar-refractivity contribution in [1.29, 1.82) is 5.26 Å². The average Bonchev–Trinajstić information content (AvgIpc) is 3.29. The van der Waals surface area contributed by atoms with E-state index in [0.717, 1.165) is 66.1 Å². The van der Waals surface area contributed by atoms with Crippen LogP contribution in [0.4, 0.5) is 5.82 Å². The van der Waals surface area contributed by atoms with Gasteiger partial charge in [0.1, 0.15) is 11.9 Å². The number of aliphatic imine (C=N–C) groups is 1. The zero-order chi connectivity index (χ0) is 24.1. The summed E-state index contributed by atoms with van der Waals surface area (Å²) in [4.78, 5) is 11.2. The van der Waals surface area contributed by atoms with Crippen LogP contribution >= 0.6 is 0 Å². The van der Waals surface area contributed by atoms with Gasteiger partial charge in [0.15, 0.2) is 0 Å². The molecule has 4 rings (SSSR count). The van der Waals surface area contributed by atoms with Gasteiger partial charge in [-0.3, -0.25) is 4.99 Å². The van der Waals surface area contributed by atoms with Crippen LogP contribution in [-0.2, 0) is 4.74 Å². The SMILES string of the molecule is CN=CC(=CN)c1cc(-c2ccc(N3CCC(OCC(C)C)CC3)nc2)c2c(C#N)cnn2c1. The molecule has 4 heterocycles. The number of nitrogens with zero attached hydrogens (tertiary/aromatic N) is 6. The smallest absolute Gasteiger partial charge is 0.128 e. The highest BCUT2D eigenvalue weighted by atomic mass is 16.5. The summed E-state index contributed by atoms with van der Waals surface area (Å²) in [6.45, 7) is 7.03. The summed E-state index contributed by atoms with van der Waals surface area (Å²) in [5.74, 6) is 1.51. The number of allylic oxidation sites excluding steroid dienone is 1. The van der Waals surface area contributed by atoms with Crippen molar-refractivity contribution in [2.75, 3.05) is 31.6 Å². The number of anilines is 1. The quantitative estimate of drug-likeness (QED) is 0.539. The zero-order valence-electron chi connectivity index (χ0n) is 20.0. The first-order chi connectivity index (χ1) is 16.5. The Labute approximate surface area is 200 Å². The largest absolute Gasteiger partial charge is 0.404 e. The zero-order valence-corrected chi connectivity index (χ0v) is 20.0. The van der Waals surface area contributed by atoms with Gasteiger partial charge in [-0.25, -0.2) is 9.50 Å². The lowest BCUT2D eigenvalue weighted by Crippen LogP contribution is -2.37. The number of piperidine rings is 1. The fraction of sp³-hybridized carbons (Fsp3) is 0.385. The van der Waals surface area contributed by atoms with Crippen LogP contribution < -0.4 is 10.6 Å². The Morgan fingerprint density at radius 3 is 2.74 bits per heavy atom. The monoisotopic (exact) mass is 457 g/mol. The molecule has 0 bridgehead atoms. The number of nitriles is 1. The number of hydrogen-bond donors (Lipinski definition) is 1. The minimum Gasteiger partial charge on any atom is -0.404 e. The summed E-state index contributed by atoms with van der Waals surface area (Å²) in [6, 6.07) is 8.35. The summed E-state index contributed by atoms with van der Waals surface area (Å²) in [7, 11) is 1.70. The molecule has 1 fully saturated rings. The maximum Gasteiger partial charge on any atom is 0.128 e. The number of ether oxygens (including phenoxy) is 1. The first-order valence-electron chi connectivity index (χ1n) is 11.6. The van der Waals surface area contributed by atoms with E-state index in [0.29, 0.717) is 17.6 Å². The fourth-order valence-corrected chi connectivity index (χ4v) is 4.25. The summed E-state index contributed by atoms with van der Waals surface area (Å²) in [5.41, 5.74) is 10.5. The Morgan fingerprint density at radius 2 is 2.12 bits per heavy atom. The molecule has 0 unspecified atom stereocenters. The third-order valence-electron chi connectivity index (χ3n) is 6.00. The molecule has 0 saturated carbocycles. The van der Waals surface area contributed by atoms with Gasteiger partial charge in [0.25, 0.3) is 0 Å². The maximum atomic E-state index is 9.62. The van der Waals surface area contributed by atoms with Crippen LogP contribution in [0, 0.1) is 17.2 Å². The van der Waals surface area contributed by atoms with Crippen LogP contribution in [0.2, 0.25) is 0 Å². The molecule has 0 aromatic carbocycles. The molecule has 1 aliphatic rings. The van der Waals surface area contributed by atoms with Crippen molar-refractivity contribution in [1.82, 2.24) is 14.6 Å². The molecule has 0 aliphatic carbocycles. The number of nitrogens with two attached hydrogens (primary N) is 1. The van der Waals surface area contributed by atoms with Gasteiger partial charge in [0.2, 0.25) is 0 Å². The molecule has 0 radical (unpaired) electrons. The Morgan fingerprint density at radius 1 is 1.32 bits per heavy atom. The van der Waals surface area contributed by atoms with Crippen molar-refractivity contribution in [3.8, 4) is 17.2 Å². The molecule has 2 N–H and O–H groups in total. The van der Waals surface area contributed by atoms with Crippen molar-refractivity contribution < 1.29 is 4.74 Å². The Hall–Kier alpha value is -3.70. The highest BCUT2D eigenvalue weighted by molar-refractivity contribution is 6.10. The van der Waals surface area contributed by atoms with Gasteiger partial charge in [-0.2, -0.15) is 10.4 Å². The Balaban J connectivity index is 1.61. The molecule has 8 heteroatoms. The van der Waals surface area contributed by atoms with Gasteiger partial charge < -0.3 is 15.4 Å². The predicted octanol–water partition coefficient (Wildman–Crippen LogP) is 3.91. The van der Waals surface area contributed by atoms with E-state index in [2.05, 4.69) is 41.0 Å². The normalized spacial score (nSPS) is 15.5. The second-order valence-electron chi connectivity index (χ2n) is 8.93. The number of fused-ring (bicyclic) bond motifs is 1. The summed E-state index contributed by atoms with van der Waals surface area (Å²) in [5, 5.41) is 14.0. The first-order valence-corrected chi connectivity index (χ1v) is 11.6. The van der Waals surface area contributed by atoms with Crippen molar-refractivity contribution in [2.45, 2.75) is 32.8 Å².